The second-order valence-corrected chi connectivity index (χ2v) is 6.01. The van der Waals surface area contributed by atoms with Gasteiger partial charge in [0.1, 0.15) is 17.4 Å². The number of nitrogens with two attached hydrogens (primary N) is 1. The van der Waals surface area contributed by atoms with Gasteiger partial charge in [-0.25, -0.2) is 4.39 Å². The Balaban J connectivity index is 2.12. The molecule has 3 nitrogen and oxygen atoms in total. The fourth-order valence-corrected chi connectivity index (χ4v) is 2.53. The summed E-state index contributed by atoms with van der Waals surface area (Å²) in [6.45, 7) is 4.51. The molecule has 4 heteroatoms. The maximum absolute atomic E-state index is 13.7. The molecule has 1 aliphatic rings. The Morgan fingerprint density at radius 3 is 2.58 bits per heavy atom. The summed E-state index contributed by atoms with van der Waals surface area (Å²) in [6.07, 6.45) is 4.21. The molecule has 0 spiro atoms. The summed E-state index contributed by atoms with van der Waals surface area (Å²) in [5, 5.41) is 7.46. The highest BCUT2D eigenvalue weighted by atomic mass is 19.1. The molecule has 104 valence electrons. The van der Waals surface area contributed by atoms with Gasteiger partial charge in [-0.05, 0) is 43.2 Å². The first kappa shape index (κ1) is 13.8. The molecule has 1 aromatic rings. The summed E-state index contributed by atoms with van der Waals surface area (Å²) in [5.41, 5.74) is 5.87. The Labute approximate surface area is 113 Å². The summed E-state index contributed by atoms with van der Waals surface area (Å²) in [5.74, 6) is -0.400. The Morgan fingerprint density at radius 1 is 1.37 bits per heavy atom. The fourth-order valence-electron chi connectivity index (χ4n) is 2.53. The number of nitrogen functional groups attached to an aromatic ring is 1. The normalized spacial score (nSPS) is 19.1. The predicted molar refractivity (Wildman–Crippen MR) is 74.1 cm³/mol. The van der Waals surface area contributed by atoms with Gasteiger partial charge in [0.15, 0.2) is 0 Å². The molecule has 1 aromatic carbocycles. The van der Waals surface area contributed by atoms with Gasteiger partial charge in [-0.15, -0.1) is 0 Å². The Kier molecular flexibility index (Phi) is 3.78. The summed E-state index contributed by atoms with van der Waals surface area (Å²) >= 11 is 0. The van der Waals surface area contributed by atoms with E-state index in [1.54, 1.807) is 12.1 Å². The molecule has 1 aliphatic carbocycles. The van der Waals surface area contributed by atoms with E-state index in [2.05, 4.69) is 13.8 Å². The first-order valence-corrected chi connectivity index (χ1v) is 6.69. The van der Waals surface area contributed by atoms with Crippen LogP contribution in [0.3, 0.4) is 0 Å². The summed E-state index contributed by atoms with van der Waals surface area (Å²) in [7, 11) is 0. The van der Waals surface area contributed by atoms with E-state index in [0.717, 1.165) is 25.7 Å². The van der Waals surface area contributed by atoms with Gasteiger partial charge in [0.2, 0.25) is 0 Å². The van der Waals surface area contributed by atoms with Crippen LogP contribution < -0.4 is 10.5 Å². The SMILES string of the molecule is CC1(C)CCC(Oc2cccc(F)c2C(=N)N)CC1. The topological polar surface area (TPSA) is 59.1 Å². The van der Waals surface area contributed by atoms with Gasteiger partial charge < -0.3 is 10.5 Å². The third kappa shape index (κ3) is 3.25. The number of halogens is 1. The lowest BCUT2D eigenvalue weighted by molar-refractivity contribution is 0.0983. The van der Waals surface area contributed by atoms with Crippen molar-refractivity contribution < 1.29 is 9.13 Å². The van der Waals surface area contributed by atoms with Gasteiger partial charge in [-0.2, -0.15) is 0 Å². The highest BCUT2D eigenvalue weighted by molar-refractivity contribution is 5.97. The van der Waals surface area contributed by atoms with E-state index < -0.39 is 5.82 Å². The van der Waals surface area contributed by atoms with Crippen molar-refractivity contribution in [3.8, 4) is 5.75 Å². The first-order valence-electron chi connectivity index (χ1n) is 6.69. The number of benzene rings is 1. The number of hydrogen-bond donors (Lipinski definition) is 2. The van der Waals surface area contributed by atoms with Crippen molar-refractivity contribution >= 4 is 5.84 Å². The standard InChI is InChI=1S/C15H21FN2O/c1-15(2)8-6-10(7-9-15)19-12-5-3-4-11(16)13(12)14(17)18/h3-5,10H,6-9H2,1-2H3,(H3,17,18). The van der Waals surface area contributed by atoms with Crippen molar-refractivity contribution in [3.05, 3.63) is 29.6 Å². The largest absolute Gasteiger partial charge is 0.490 e. The minimum absolute atomic E-state index is 0.0762. The number of amidine groups is 1. The van der Waals surface area contributed by atoms with Crippen molar-refractivity contribution in [2.75, 3.05) is 0 Å². The quantitative estimate of drug-likeness (QED) is 0.649. The molecular formula is C15H21FN2O. The van der Waals surface area contributed by atoms with Gasteiger partial charge in [0.05, 0.1) is 11.7 Å². The van der Waals surface area contributed by atoms with E-state index >= 15 is 0 Å². The van der Waals surface area contributed by atoms with E-state index in [0.29, 0.717) is 11.2 Å². The first-order chi connectivity index (χ1) is 8.89. The average Bonchev–Trinajstić information content (AvgIpc) is 2.31. The highest BCUT2D eigenvalue weighted by Crippen LogP contribution is 2.37. The van der Waals surface area contributed by atoms with Crippen molar-refractivity contribution in [2.24, 2.45) is 11.1 Å². The second-order valence-electron chi connectivity index (χ2n) is 6.01. The summed E-state index contributed by atoms with van der Waals surface area (Å²) < 4.78 is 19.5. The molecule has 2 rings (SSSR count). The zero-order chi connectivity index (χ0) is 14.0. The number of rotatable bonds is 3. The maximum atomic E-state index is 13.7. The molecule has 3 N–H and O–H groups in total. The van der Waals surface area contributed by atoms with Gasteiger partial charge in [-0.3, -0.25) is 5.41 Å². The van der Waals surface area contributed by atoms with Crippen LogP contribution in [-0.2, 0) is 0 Å². The molecule has 0 aromatic heterocycles. The number of hydrogen-bond acceptors (Lipinski definition) is 2. The van der Waals surface area contributed by atoms with Crippen LogP contribution in [0.2, 0.25) is 0 Å². The van der Waals surface area contributed by atoms with Gasteiger partial charge in [-0.1, -0.05) is 19.9 Å². The molecule has 0 heterocycles. The van der Waals surface area contributed by atoms with E-state index in [4.69, 9.17) is 15.9 Å². The Bertz CT molecular complexity index is 475. The lowest BCUT2D eigenvalue weighted by atomic mass is 9.76. The second kappa shape index (κ2) is 5.19. The molecule has 0 amide bonds. The molecule has 1 saturated carbocycles. The van der Waals surface area contributed by atoms with Crippen LogP contribution >= 0.6 is 0 Å². The van der Waals surface area contributed by atoms with Gasteiger partial charge in [0.25, 0.3) is 0 Å². The predicted octanol–water partition coefficient (Wildman–Crippen LogP) is 3.46. The van der Waals surface area contributed by atoms with Crippen molar-refractivity contribution in [3.63, 3.8) is 0 Å². The van der Waals surface area contributed by atoms with Crippen LogP contribution in [0.1, 0.15) is 45.1 Å². The Hall–Kier alpha value is -1.58. The zero-order valence-corrected chi connectivity index (χ0v) is 11.5. The minimum atomic E-state index is -0.499. The monoisotopic (exact) mass is 264 g/mol. The van der Waals surface area contributed by atoms with Crippen LogP contribution in [0.25, 0.3) is 0 Å². The molecule has 1 fully saturated rings. The number of ether oxygens (including phenoxy) is 1. The molecular weight excluding hydrogens is 243 g/mol. The van der Waals surface area contributed by atoms with E-state index in [1.165, 1.54) is 6.07 Å². The van der Waals surface area contributed by atoms with E-state index in [-0.39, 0.29) is 17.5 Å². The van der Waals surface area contributed by atoms with Crippen LogP contribution in [0.4, 0.5) is 4.39 Å². The average molecular weight is 264 g/mol. The Morgan fingerprint density at radius 2 is 2.00 bits per heavy atom. The molecule has 0 bridgehead atoms. The van der Waals surface area contributed by atoms with Crippen LogP contribution in [-0.4, -0.2) is 11.9 Å². The molecule has 0 atom stereocenters. The highest BCUT2D eigenvalue weighted by Gasteiger charge is 2.28. The van der Waals surface area contributed by atoms with Crippen molar-refractivity contribution in [2.45, 2.75) is 45.6 Å². The smallest absolute Gasteiger partial charge is 0.137 e. The van der Waals surface area contributed by atoms with Crippen LogP contribution in [0, 0.1) is 16.6 Å². The number of nitrogens with one attached hydrogen (secondary N) is 1. The lowest BCUT2D eigenvalue weighted by Crippen LogP contribution is -2.29. The maximum Gasteiger partial charge on any atom is 0.137 e. The minimum Gasteiger partial charge on any atom is -0.490 e. The van der Waals surface area contributed by atoms with Crippen LogP contribution in [0.5, 0.6) is 5.75 Å². The lowest BCUT2D eigenvalue weighted by Gasteiger charge is -2.34. The summed E-state index contributed by atoms with van der Waals surface area (Å²) in [6, 6.07) is 4.57. The van der Waals surface area contributed by atoms with E-state index in [1.807, 2.05) is 0 Å². The third-order valence-corrected chi connectivity index (χ3v) is 3.82. The van der Waals surface area contributed by atoms with E-state index in [9.17, 15) is 4.39 Å². The third-order valence-electron chi connectivity index (χ3n) is 3.82. The molecule has 0 aliphatic heterocycles. The zero-order valence-electron chi connectivity index (χ0n) is 11.5. The van der Waals surface area contributed by atoms with Gasteiger partial charge in [0, 0.05) is 0 Å². The summed E-state index contributed by atoms with van der Waals surface area (Å²) in [4.78, 5) is 0. The molecule has 0 radical (unpaired) electrons. The molecule has 0 unspecified atom stereocenters. The molecule has 19 heavy (non-hydrogen) atoms. The van der Waals surface area contributed by atoms with Crippen molar-refractivity contribution in [1.82, 2.24) is 0 Å². The molecule has 0 saturated heterocycles. The van der Waals surface area contributed by atoms with Gasteiger partial charge >= 0.3 is 0 Å². The fraction of sp³-hybridized carbons (Fsp3) is 0.533. The van der Waals surface area contributed by atoms with Crippen molar-refractivity contribution in [1.29, 1.82) is 5.41 Å². The van der Waals surface area contributed by atoms with Crippen LogP contribution in [0.15, 0.2) is 18.2 Å².